The molecular formula is C21H26ClN5O2. The van der Waals surface area contributed by atoms with Crippen molar-refractivity contribution in [1.29, 1.82) is 0 Å². The first-order valence-corrected chi connectivity index (χ1v) is 10.2. The van der Waals surface area contributed by atoms with Gasteiger partial charge in [-0.05, 0) is 37.5 Å². The van der Waals surface area contributed by atoms with E-state index in [9.17, 15) is 9.59 Å². The SMILES string of the molecule is CCCCc1c(C)nc2nc(N(Cc3cccc(Cl)c3)C(=O)C(C)C)[nH]n2c1=O. The van der Waals surface area contributed by atoms with Crippen LogP contribution in [-0.4, -0.2) is 25.5 Å². The second-order valence-electron chi connectivity index (χ2n) is 7.48. The summed E-state index contributed by atoms with van der Waals surface area (Å²) in [5.74, 6) is 0.199. The molecule has 0 atom stereocenters. The number of unbranched alkanes of at least 4 members (excludes halogenated alkanes) is 1. The molecule has 3 rings (SSSR count). The summed E-state index contributed by atoms with van der Waals surface area (Å²) in [5.41, 5.74) is 2.06. The van der Waals surface area contributed by atoms with Crippen LogP contribution in [0.1, 0.15) is 50.4 Å². The molecule has 1 amide bonds. The van der Waals surface area contributed by atoms with Gasteiger partial charge in [0.25, 0.3) is 11.3 Å². The number of aromatic amines is 1. The van der Waals surface area contributed by atoms with E-state index < -0.39 is 0 Å². The van der Waals surface area contributed by atoms with E-state index in [-0.39, 0.29) is 29.7 Å². The number of nitrogens with zero attached hydrogens (tertiary/aromatic N) is 4. The van der Waals surface area contributed by atoms with Crippen LogP contribution in [0.15, 0.2) is 29.1 Å². The Hall–Kier alpha value is -2.67. The molecule has 0 saturated carbocycles. The maximum absolute atomic E-state index is 12.9. The Morgan fingerprint density at radius 2 is 2.07 bits per heavy atom. The number of halogens is 1. The number of anilines is 1. The summed E-state index contributed by atoms with van der Waals surface area (Å²) in [7, 11) is 0. The molecule has 3 aromatic rings. The molecule has 0 spiro atoms. The van der Waals surface area contributed by atoms with Gasteiger partial charge in [-0.3, -0.25) is 19.6 Å². The largest absolute Gasteiger partial charge is 0.277 e. The summed E-state index contributed by atoms with van der Waals surface area (Å²) >= 11 is 6.10. The Kier molecular flexibility index (Phi) is 6.37. The molecule has 1 aromatic carbocycles. The topological polar surface area (TPSA) is 83.4 Å². The minimum absolute atomic E-state index is 0.111. The third-order valence-electron chi connectivity index (χ3n) is 4.81. The summed E-state index contributed by atoms with van der Waals surface area (Å²) in [6.07, 6.45) is 2.58. The standard InChI is InChI=1S/C21H26ClN5O2/c1-5-6-10-17-14(4)23-20-24-21(25-27(20)19(17)29)26(18(28)13(2)3)12-15-8-7-9-16(22)11-15/h7-9,11,13H,5-6,10,12H2,1-4H3,(H,23,24,25). The van der Waals surface area contributed by atoms with Crippen LogP contribution in [0.4, 0.5) is 5.95 Å². The van der Waals surface area contributed by atoms with Gasteiger partial charge < -0.3 is 0 Å². The minimum atomic E-state index is -0.242. The van der Waals surface area contributed by atoms with Crippen molar-refractivity contribution in [3.63, 3.8) is 0 Å². The zero-order chi connectivity index (χ0) is 21.1. The van der Waals surface area contributed by atoms with Gasteiger partial charge >= 0.3 is 0 Å². The molecule has 0 aliphatic heterocycles. The van der Waals surface area contributed by atoms with Gasteiger partial charge in [0.15, 0.2) is 0 Å². The number of aryl methyl sites for hydroxylation is 1. The summed E-state index contributed by atoms with van der Waals surface area (Å²) < 4.78 is 1.33. The first-order chi connectivity index (χ1) is 13.8. The average Bonchev–Trinajstić information content (AvgIpc) is 3.09. The predicted molar refractivity (Wildman–Crippen MR) is 114 cm³/mol. The van der Waals surface area contributed by atoms with Crippen molar-refractivity contribution < 1.29 is 4.79 Å². The average molecular weight is 416 g/mol. The fourth-order valence-corrected chi connectivity index (χ4v) is 3.41. The summed E-state index contributed by atoms with van der Waals surface area (Å²) in [6, 6.07) is 7.32. The van der Waals surface area contributed by atoms with Gasteiger partial charge in [0.2, 0.25) is 11.9 Å². The van der Waals surface area contributed by atoms with Gasteiger partial charge in [-0.1, -0.05) is 50.9 Å². The third kappa shape index (κ3) is 4.50. The van der Waals surface area contributed by atoms with Crippen LogP contribution in [0, 0.1) is 12.8 Å². The summed E-state index contributed by atoms with van der Waals surface area (Å²) in [5, 5.41) is 3.58. The molecule has 7 nitrogen and oxygen atoms in total. The van der Waals surface area contributed by atoms with Gasteiger partial charge in [-0.2, -0.15) is 9.50 Å². The van der Waals surface area contributed by atoms with E-state index in [4.69, 9.17) is 11.6 Å². The number of H-pyrrole nitrogens is 1. The Balaban J connectivity index is 2.06. The lowest BCUT2D eigenvalue weighted by atomic mass is 10.1. The Bertz CT molecular complexity index is 1090. The van der Waals surface area contributed by atoms with E-state index in [2.05, 4.69) is 22.0 Å². The summed E-state index contributed by atoms with van der Waals surface area (Å²) in [6.45, 7) is 7.84. The molecule has 0 radical (unpaired) electrons. The number of amides is 1. The Labute approximate surface area is 174 Å². The van der Waals surface area contributed by atoms with Crippen molar-refractivity contribution in [2.45, 2.75) is 53.5 Å². The van der Waals surface area contributed by atoms with Crippen molar-refractivity contribution in [1.82, 2.24) is 19.6 Å². The first kappa shape index (κ1) is 21.0. The minimum Gasteiger partial charge on any atom is -0.276 e. The highest BCUT2D eigenvalue weighted by atomic mass is 35.5. The van der Waals surface area contributed by atoms with Crippen molar-refractivity contribution >= 4 is 29.2 Å². The quantitative estimate of drug-likeness (QED) is 0.634. The van der Waals surface area contributed by atoms with Gasteiger partial charge in [-0.25, -0.2) is 4.98 Å². The number of carbonyl (C=O) groups is 1. The third-order valence-corrected chi connectivity index (χ3v) is 5.04. The number of aromatic nitrogens is 4. The number of carbonyl (C=O) groups excluding carboxylic acids is 1. The maximum Gasteiger partial charge on any atom is 0.277 e. The highest BCUT2D eigenvalue weighted by Crippen LogP contribution is 2.19. The molecule has 8 heteroatoms. The van der Waals surface area contributed by atoms with Crippen molar-refractivity contribution in [2.75, 3.05) is 4.90 Å². The lowest BCUT2D eigenvalue weighted by molar-refractivity contribution is -0.121. The number of fused-ring (bicyclic) bond motifs is 1. The Morgan fingerprint density at radius 3 is 2.72 bits per heavy atom. The molecule has 154 valence electrons. The van der Waals surface area contributed by atoms with Gasteiger partial charge in [0.05, 0.1) is 12.2 Å². The van der Waals surface area contributed by atoms with Crippen LogP contribution < -0.4 is 10.5 Å². The maximum atomic E-state index is 12.9. The molecule has 0 saturated heterocycles. The fraction of sp³-hybridized carbons (Fsp3) is 0.429. The van der Waals surface area contributed by atoms with E-state index in [1.54, 1.807) is 6.07 Å². The number of hydrogen-bond acceptors (Lipinski definition) is 4. The zero-order valence-electron chi connectivity index (χ0n) is 17.2. The molecule has 1 N–H and O–H groups in total. The lowest BCUT2D eigenvalue weighted by Gasteiger charge is -2.21. The van der Waals surface area contributed by atoms with Gasteiger partial charge in [0.1, 0.15) is 0 Å². The predicted octanol–water partition coefficient (Wildman–Crippen LogP) is 3.91. The molecule has 2 aromatic heterocycles. The Morgan fingerprint density at radius 1 is 1.31 bits per heavy atom. The van der Waals surface area contributed by atoms with E-state index in [0.29, 0.717) is 28.6 Å². The van der Waals surface area contributed by atoms with E-state index in [1.807, 2.05) is 39.0 Å². The van der Waals surface area contributed by atoms with Crippen molar-refractivity contribution in [2.24, 2.45) is 5.92 Å². The number of rotatable bonds is 7. The monoisotopic (exact) mass is 415 g/mol. The van der Waals surface area contributed by atoms with Crippen LogP contribution in [0.25, 0.3) is 5.78 Å². The van der Waals surface area contributed by atoms with E-state index in [1.165, 1.54) is 9.42 Å². The second kappa shape index (κ2) is 8.78. The smallest absolute Gasteiger partial charge is 0.276 e. The van der Waals surface area contributed by atoms with Crippen LogP contribution in [0.2, 0.25) is 5.02 Å². The molecule has 29 heavy (non-hydrogen) atoms. The first-order valence-electron chi connectivity index (χ1n) is 9.85. The number of hydrogen-bond donors (Lipinski definition) is 1. The molecular weight excluding hydrogens is 390 g/mol. The molecule has 2 heterocycles. The van der Waals surface area contributed by atoms with Crippen molar-refractivity contribution in [3.05, 3.63) is 56.5 Å². The van der Waals surface area contributed by atoms with E-state index >= 15 is 0 Å². The molecule has 0 unspecified atom stereocenters. The second-order valence-corrected chi connectivity index (χ2v) is 7.91. The highest BCUT2D eigenvalue weighted by molar-refractivity contribution is 6.30. The van der Waals surface area contributed by atoms with Crippen molar-refractivity contribution in [3.8, 4) is 0 Å². The fourth-order valence-electron chi connectivity index (χ4n) is 3.19. The van der Waals surface area contributed by atoms with Crippen LogP contribution >= 0.6 is 11.6 Å². The van der Waals surface area contributed by atoms with Gasteiger partial charge in [0, 0.05) is 16.5 Å². The van der Waals surface area contributed by atoms with Crippen LogP contribution in [0.5, 0.6) is 0 Å². The van der Waals surface area contributed by atoms with Crippen LogP contribution in [-0.2, 0) is 17.8 Å². The number of benzene rings is 1. The number of nitrogens with one attached hydrogen (secondary N) is 1. The van der Waals surface area contributed by atoms with E-state index in [0.717, 1.165) is 18.4 Å². The zero-order valence-corrected chi connectivity index (χ0v) is 18.0. The molecule has 0 aliphatic carbocycles. The molecule has 0 fully saturated rings. The lowest BCUT2D eigenvalue weighted by Crippen LogP contribution is -2.34. The molecule has 0 bridgehead atoms. The summed E-state index contributed by atoms with van der Waals surface area (Å²) in [4.78, 5) is 36.3. The normalized spacial score (nSPS) is 11.4. The molecule has 0 aliphatic rings. The van der Waals surface area contributed by atoms with Crippen LogP contribution in [0.3, 0.4) is 0 Å². The van der Waals surface area contributed by atoms with Gasteiger partial charge in [-0.15, -0.1) is 0 Å². The highest BCUT2D eigenvalue weighted by Gasteiger charge is 2.24.